The number of carbonyl (C=O) groups is 2. The van der Waals surface area contributed by atoms with Gasteiger partial charge in [0.05, 0.1) is 28.2 Å². The number of rotatable bonds is 5. The first-order chi connectivity index (χ1) is 11.0. The van der Waals surface area contributed by atoms with E-state index in [2.05, 4.69) is 10.6 Å². The van der Waals surface area contributed by atoms with Crippen LogP contribution in [0.2, 0.25) is 10.0 Å². The molecule has 5 nitrogen and oxygen atoms in total. The van der Waals surface area contributed by atoms with E-state index in [9.17, 15) is 9.59 Å². The summed E-state index contributed by atoms with van der Waals surface area (Å²) in [4.78, 5) is 26.3. The second-order valence-electron chi connectivity index (χ2n) is 5.54. The summed E-state index contributed by atoms with van der Waals surface area (Å²) in [5, 5.41) is 6.65. The van der Waals surface area contributed by atoms with Crippen LogP contribution in [0.15, 0.2) is 18.2 Å². The van der Waals surface area contributed by atoms with Crippen molar-refractivity contribution in [2.45, 2.75) is 19.8 Å². The topological polar surface area (TPSA) is 61.4 Å². The second kappa shape index (κ2) is 8.52. The van der Waals surface area contributed by atoms with Gasteiger partial charge in [0.15, 0.2) is 0 Å². The molecule has 1 saturated heterocycles. The van der Waals surface area contributed by atoms with Gasteiger partial charge in [0.2, 0.25) is 11.8 Å². The number of halogens is 2. The Morgan fingerprint density at radius 1 is 1.35 bits per heavy atom. The first-order valence-corrected chi connectivity index (χ1v) is 8.52. The van der Waals surface area contributed by atoms with E-state index in [1.807, 2.05) is 6.92 Å². The van der Waals surface area contributed by atoms with Gasteiger partial charge in [-0.25, -0.2) is 0 Å². The zero-order valence-corrected chi connectivity index (χ0v) is 14.6. The van der Waals surface area contributed by atoms with Gasteiger partial charge in [0, 0.05) is 13.1 Å². The van der Waals surface area contributed by atoms with Crippen LogP contribution in [-0.4, -0.2) is 42.9 Å². The predicted octanol–water partition coefficient (Wildman–Crippen LogP) is 2.78. The van der Waals surface area contributed by atoms with Crippen molar-refractivity contribution in [3.05, 3.63) is 28.2 Å². The first kappa shape index (κ1) is 18.0. The van der Waals surface area contributed by atoms with E-state index in [4.69, 9.17) is 23.2 Å². The average Bonchev–Trinajstić information content (AvgIpc) is 2.56. The van der Waals surface area contributed by atoms with E-state index < -0.39 is 0 Å². The molecule has 1 aromatic carbocycles. The smallest absolute Gasteiger partial charge is 0.244 e. The summed E-state index contributed by atoms with van der Waals surface area (Å²) in [5.41, 5.74) is 0.378. The number of amides is 2. The summed E-state index contributed by atoms with van der Waals surface area (Å²) in [7, 11) is 0. The SMILES string of the molecule is CCN(CC(=O)Nc1c(Cl)cccc1Cl)C(=O)C1CCCNC1. The van der Waals surface area contributed by atoms with Crippen molar-refractivity contribution >= 4 is 40.7 Å². The summed E-state index contributed by atoms with van der Waals surface area (Å²) in [6, 6.07) is 5.01. The molecule has 0 spiro atoms. The van der Waals surface area contributed by atoms with Crippen molar-refractivity contribution in [2.24, 2.45) is 5.92 Å². The van der Waals surface area contributed by atoms with Crippen LogP contribution in [0.1, 0.15) is 19.8 Å². The van der Waals surface area contributed by atoms with Crippen LogP contribution in [0.3, 0.4) is 0 Å². The summed E-state index contributed by atoms with van der Waals surface area (Å²) in [6.45, 7) is 3.96. The Morgan fingerprint density at radius 3 is 2.61 bits per heavy atom. The van der Waals surface area contributed by atoms with Crippen molar-refractivity contribution < 1.29 is 9.59 Å². The number of piperidine rings is 1. The highest BCUT2D eigenvalue weighted by Crippen LogP contribution is 2.29. The maximum atomic E-state index is 12.5. The normalized spacial score (nSPS) is 17.6. The first-order valence-electron chi connectivity index (χ1n) is 7.76. The minimum atomic E-state index is -0.307. The Morgan fingerprint density at radius 2 is 2.04 bits per heavy atom. The highest BCUT2D eigenvalue weighted by molar-refractivity contribution is 6.39. The van der Waals surface area contributed by atoms with Gasteiger partial charge < -0.3 is 15.5 Å². The molecule has 1 heterocycles. The fraction of sp³-hybridized carbons (Fsp3) is 0.500. The lowest BCUT2D eigenvalue weighted by Crippen LogP contribution is -2.45. The lowest BCUT2D eigenvalue weighted by Gasteiger charge is -2.28. The maximum absolute atomic E-state index is 12.5. The fourth-order valence-electron chi connectivity index (χ4n) is 2.64. The Labute approximate surface area is 146 Å². The van der Waals surface area contributed by atoms with Gasteiger partial charge in [0.25, 0.3) is 0 Å². The van der Waals surface area contributed by atoms with Crippen molar-refractivity contribution in [3.63, 3.8) is 0 Å². The van der Waals surface area contributed by atoms with Gasteiger partial charge in [-0.3, -0.25) is 9.59 Å². The molecule has 0 radical (unpaired) electrons. The zero-order valence-electron chi connectivity index (χ0n) is 13.1. The molecule has 2 amide bonds. The number of nitrogens with one attached hydrogen (secondary N) is 2. The lowest BCUT2D eigenvalue weighted by molar-refractivity contribution is -0.138. The van der Waals surface area contributed by atoms with Gasteiger partial charge in [-0.2, -0.15) is 0 Å². The molecule has 0 aliphatic carbocycles. The summed E-state index contributed by atoms with van der Waals surface area (Å²) in [6.07, 6.45) is 1.84. The van der Waals surface area contributed by atoms with Crippen LogP contribution in [0, 0.1) is 5.92 Å². The van der Waals surface area contributed by atoms with Gasteiger partial charge in [0.1, 0.15) is 0 Å². The molecule has 7 heteroatoms. The van der Waals surface area contributed by atoms with Crippen LogP contribution in [0.5, 0.6) is 0 Å². The fourth-order valence-corrected chi connectivity index (χ4v) is 3.13. The van der Waals surface area contributed by atoms with Crippen LogP contribution in [0.4, 0.5) is 5.69 Å². The molecule has 1 aliphatic heterocycles. The minimum Gasteiger partial charge on any atom is -0.333 e. The summed E-state index contributed by atoms with van der Waals surface area (Å²) >= 11 is 12.1. The van der Waals surface area contributed by atoms with Crippen LogP contribution >= 0.6 is 23.2 Å². The molecule has 1 fully saturated rings. The standard InChI is InChI=1S/C16H21Cl2N3O2/c1-2-21(16(23)11-5-4-8-19-9-11)10-14(22)20-15-12(17)6-3-7-13(15)18/h3,6-7,11,19H,2,4-5,8-10H2,1H3,(H,20,22). The molecule has 0 saturated carbocycles. The third kappa shape index (κ3) is 4.83. The van der Waals surface area contributed by atoms with Gasteiger partial charge in [-0.1, -0.05) is 29.3 Å². The number of hydrogen-bond acceptors (Lipinski definition) is 3. The molecule has 1 atom stereocenters. The maximum Gasteiger partial charge on any atom is 0.244 e. The van der Waals surface area contributed by atoms with E-state index in [0.29, 0.717) is 28.8 Å². The Balaban J connectivity index is 1.98. The highest BCUT2D eigenvalue weighted by atomic mass is 35.5. The molecule has 2 N–H and O–H groups in total. The van der Waals surface area contributed by atoms with Gasteiger partial charge in [-0.15, -0.1) is 0 Å². The Kier molecular flexibility index (Phi) is 6.69. The second-order valence-corrected chi connectivity index (χ2v) is 6.35. The van der Waals surface area contributed by atoms with Gasteiger partial charge >= 0.3 is 0 Å². The minimum absolute atomic E-state index is 0.00656. The molecule has 1 aromatic rings. The van der Waals surface area contributed by atoms with E-state index in [1.165, 1.54) is 0 Å². The molecule has 0 bridgehead atoms. The quantitative estimate of drug-likeness (QED) is 0.851. The molecular formula is C16H21Cl2N3O2. The number of likely N-dealkylation sites (N-methyl/N-ethyl adjacent to an activating group) is 1. The average molecular weight is 358 g/mol. The van der Waals surface area contributed by atoms with Crippen molar-refractivity contribution in [2.75, 3.05) is 31.5 Å². The van der Waals surface area contributed by atoms with Crippen molar-refractivity contribution in [3.8, 4) is 0 Å². The number of carbonyl (C=O) groups excluding carboxylic acids is 2. The third-order valence-electron chi connectivity index (χ3n) is 3.90. The monoisotopic (exact) mass is 357 g/mol. The largest absolute Gasteiger partial charge is 0.333 e. The predicted molar refractivity (Wildman–Crippen MR) is 92.9 cm³/mol. The molecule has 1 unspecified atom stereocenters. The van der Waals surface area contributed by atoms with Gasteiger partial charge in [-0.05, 0) is 38.4 Å². The van der Waals surface area contributed by atoms with E-state index in [0.717, 1.165) is 19.4 Å². The number of benzene rings is 1. The molecule has 1 aliphatic rings. The zero-order chi connectivity index (χ0) is 16.8. The van der Waals surface area contributed by atoms with Crippen molar-refractivity contribution in [1.82, 2.24) is 10.2 Å². The number of hydrogen-bond donors (Lipinski definition) is 2. The Hall–Kier alpha value is -1.30. The number of anilines is 1. The number of para-hydroxylation sites is 1. The number of nitrogens with zero attached hydrogens (tertiary/aromatic N) is 1. The highest BCUT2D eigenvalue weighted by Gasteiger charge is 2.26. The lowest BCUT2D eigenvalue weighted by atomic mass is 9.98. The van der Waals surface area contributed by atoms with Crippen LogP contribution in [-0.2, 0) is 9.59 Å². The van der Waals surface area contributed by atoms with E-state index >= 15 is 0 Å². The summed E-state index contributed by atoms with van der Waals surface area (Å²) in [5.74, 6) is -0.348. The molecular weight excluding hydrogens is 337 g/mol. The molecule has 2 rings (SSSR count). The molecule has 23 heavy (non-hydrogen) atoms. The molecule has 126 valence electrons. The third-order valence-corrected chi connectivity index (χ3v) is 4.53. The summed E-state index contributed by atoms with van der Waals surface area (Å²) < 4.78 is 0. The van der Waals surface area contributed by atoms with Crippen LogP contribution in [0.25, 0.3) is 0 Å². The van der Waals surface area contributed by atoms with Crippen molar-refractivity contribution in [1.29, 1.82) is 0 Å². The Bertz CT molecular complexity index is 554. The van der Waals surface area contributed by atoms with E-state index in [1.54, 1.807) is 23.1 Å². The van der Waals surface area contributed by atoms with Crippen LogP contribution < -0.4 is 10.6 Å². The van der Waals surface area contributed by atoms with E-state index in [-0.39, 0.29) is 24.3 Å². The molecule has 0 aromatic heterocycles.